The number of amides is 4. The molecule has 0 saturated carbocycles. The summed E-state index contributed by atoms with van der Waals surface area (Å²) in [6.07, 6.45) is 6.30. The van der Waals surface area contributed by atoms with Crippen LogP contribution in [0.4, 0.5) is 10.6 Å². The van der Waals surface area contributed by atoms with Crippen molar-refractivity contribution in [3.8, 4) is 0 Å². The first-order valence-electron chi connectivity index (χ1n) is 18.2. The number of imidazole rings is 1. The molecule has 4 amide bonds. The number of hydrogen-bond donors (Lipinski definition) is 4. The van der Waals surface area contributed by atoms with Crippen LogP contribution in [0.15, 0.2) is 85.5 Å². The average Bonchev–Trinajstić information content (AvgIpc) is 3.74. The maximum Gasteiger partial charge on any atom is 0.408 e. The fraction of sp³-hybridized carbons (Fsp3) is 0.390. The molecule has 278 valence electrons. The van der Waals surface area contributed by atoms with E-state index in [2.05, 4.69) is 32.8 Å². The minimum Gasteiger partial charge on any atom is -0.444 e. The number of nitrogens with zero attached hydrogens (tertiary/aromatic N) is 3. The van der Waals surface area contributed by atoms with Crippen LogP contribution in [-0.2, 0) is 25.5 Å². The number of carbonyl (C=O) groups excluding carboxylic acids is 4. The molecule has 1 saturated heterocycles. The van der Waals surface area contributed by atoms with Crippen molar-refractivity contribution in [1.29, 1.82) is 0 Å². The number of anilines is 1. The van der Waals surface area contributed by atoms with Crippen molar-refractivity contribution in [3.05, 3.63) is 96.6 Å². The van der Waals surface area contributed by atoms with E-state index in [0.29, 0.717) is 19.0 Å². The zero-order valence-corrected chi connectivity index (χ0v) is 31.2. The number of H-pyrrole nitrogens is 1. The summed E-state index contributed by atoms with van der Waals surface area (Å²) in [4.78, 5) is 64.2. The summed E-state index contributed by atoms with van der Waals surface area (Å²) < 4.78 is 7.11. The summed E-state index contributed by atoms with van der Waals surface area (Å²) in [5.41, 5.74) is 0.352. The van der Waals surface area contributed by atoms with E-state index < -0.39 is 41.1 Å². The van der Waals surface area contributed by atoms with E-state index in [1.165, 1.54) is 0 Å². The molecular formula is C41H49N7O5. The molecule has 2 aromatic heterocycles. The second kappa shape index (κ2) is 15.1. The normalized spacial score (nSPS) is 15.2. The van der Waals surface area contributed by atoms with Gasteiger partial charge in [-0.3, -0.25) is 14.4 Å². The Kier molecular flexibility index (Phi) is 10.6. The summed E-state index contributed by atoms with van der Waals surface area (Å²) in [6.45, 7) is 11.8. The monoisotopic (exact) mass is 719 g/mol. The van der Waals surface area contributed by atoms with Crippen LogP contribution in [0.5, 0.6) is 0 Å². The van der Waals surface area contributed by atoms with E-state index in [4.69, 9.17) is 4.74 Å². The molecule has 1 fully saturated rings. The number of benzene rings is 3. The fourth-order valence-electron chi connectivity index (χ4n) is 6.66. The first-order valence-corrected chi connectivity index (χ1v) is 18.2. The van der Waals surface area contributed by atoms with Crippen molar-refractivity contribution < 1.29 is 23.9 Å². The lowest BCUT2D eigenvalue weighted by atomic mass is 9.96. The van der Waals surface area contributed by atoms with Crippen molar-refractivity contribution in [2.75, 3.05) is 18.4 Å². The zero-order chi connectivity index (χ0) is 37.9. The van der Waals surface area contributed by atoms with Gasteiger partial charge in [0.1, 0.15) is 23.2 Å². The number of para-hydroxylation sites is 1. The third-order valence-electron chi connectivity index (χ3n) is 9.67. The van der Waals surface area contributed by atoms with Gasteiger partial charge < -0.3 is 35.1 Å². The number of ether oxygens (including phenoxy) is 1. The molecule has 4 N–H and O–H groups in total. The van der Waals surface area contributed by atoms with Gasteiger partial charge in [-0.25, -0.2) is 9.78 Å². The van der Waals surface area contributed by atoms with Gasteiger partial charge in [-0.1, -0.05) is 61.5 Å². The molecule has 0 radical (unpaired) electrons. The van der Waals surface area contributed by atoms with E-state index in [1.54, 1.807) is 51.7 Å². The van der Waals surface area contributed by atoms with Crippen molar-refractivity contribution in [3.63, 3.8) is 0 Å². The van der Waals surface area contributed by atoms with Crippen LogP contribution in [0.2, 0.25) is 0 Å². The molecule has 0 bridgehead atoms. The summed E-state index contributed by atoms with van der Waals surface area (Å²) in [6, 6.07) is 20.0. The van der Waals surface area contributed by atoms with E-state index in [1.807, 2.05) is 77.8 Å². The highest BCUT2D eigenvalue weighted by molar-refractivity contribution is 5.99. The summed E-state index contributed by atoms with van der Waals surface area (Å²) in [5, 5.41) is 11.4. The predicted molar refractivity (Wildman–Crippen MR) is 205 cm³/mol. The quantitative estimate of drug-likeness (QED) is 0.132. The van der Waals surface area contributed by atoms with Crippen molar-refractivity contribution in [1.82, 2.24) is 30.1 Å². The molecule has 3 heterocycles. The molecule has 3 aromatic carbocycles. The van der Waals surface area contributed by atoms with Gasteiger partial charge in [0, 0.05) is 42.8 Å². The minimum atomic E-state index is -1.41. The van der Waals surface area contributed by atoms with Crippen LogP contribution in [0, 0.1) is 5.92 Å². The van der Waals surface area contributed by atoms with Gasteiger partial charge in [0.05, 0.1) is 6.33 Å². The molecule has 5 aromatic rings. The van der Waals surface area contributed by atoms with E-state index in [9.17, 15) is 19.2 Å². The van der Waals surface area contributed by atoms with Crippen molar-refractivity contribution in [2.24, 2.45) is 5.92 Å². The number of carbonyl (C=O) groups is 4. The highest BCUT2D eigenvalue weighted by Gasteiger charge is 2.35. The van der Waals surface area contributed by atoms with Gasteiger partial charge >= 0.3 is 6.09 Å². The standard InChI is InChI=1S/C41H49N7O5/c1-26-17-19-47(20-18-26)37(50)35(29-16-15-27-11-7-8-12-28(27)21-29)48-24-34(43-25-48)45-36(49)33(22-30-23-42-32-14-10-9-13-31(30)32)44-38(51)41(5,6)46-39(52)53-40(2,3)4/h7-16,21,23-26,33,35,42H,17-20,22H2,1-6H3,(H,44,51)(H,45,49)(H,46,52). The highest BCUT2D eigenvalue weighted by atomic mass is 16.6. The number of hydrogen-bond acceptors (Lipinski definition) is 6. The van der Waals surface area contributed by atoms with Crippen LogP contribution in [0.25, 0.3) is 21.7 Å². The lowest BCUT2D eigenvalue weighted by molar-refractivity contribution is -0.135. The predicted octanol–water partition coefficient (Wildman–Crippen LogP) is 6.33. The Morgan fingerprint density at radius 1 is 0.943 bits per heavy atom. The topological polar surface area (TPSA) is 150 Å². The van der Waals surface area contributed by atoms with E-state index in [0.717, 1.165) is 45.6 Å². The number of aromatic nitrogens is 3. The second-order valence-electron chi connectivity index (χ2n) is 15.6. The maximum absolute atomic E-state index is 14.2. The van der Waals surface area contributed by atoms with Gasteiger partial charge in [-0.05, 0) is 87.4 Å². The Balaban J connectivity index is 1.26. The molecule has 2 unspecified atom stereocenters. The summed E-state index contributed by atoms with van der Waals surface area (Å²) >= 11 is 0. The van der Waals surface area contributed by atoms with E-state index >= 15 is 0 Å². The van der Waals surface area contributed by atoms with Crippen LogP contribution in [-0.4, -0.2) is 73.5 Å². The van der Waals surface area contributed by atoms with Crippen LogP contribution in [0.1, 0.15) is 71.6 Å². The maximum atomic E-state index is 14.2. The van der Waals surface area contributed by atoms with Gasteiger partial charge in [-0.2, -0.15) is 0 Å². The smallest absolute Gasteiger partial charge is 0.408 e. The number of nitrogens with one attached hydrogen (secondary N) is 4. The Morgan fingerprint density at radius 2 is 1.64 bits per heavy atom. The highest BCUT2D eigenvalue weighted by Crippen LogP contribution is 2.29. The van der Waals surface area contributed by atoms with Gasteiger partial charge in [0.15, 0.2) is 5.82 Å². The van der Waals surface area contributed by atoms with Crippen molar-refractivity contribution >= 4 is 51.3 Å². The number of likely N-dealkylation sites (tertiary alicyclic amines) is 1. The first kappa shape index (κ1) is 37.1. The number of alkyl carbamates (subject to hydrolysis) is 1. The Bertz CT molecular complexity index is 2120. The molecule has 0 aliphatic carbocycles. The molecule has 1 aliphatic rings. The summed E-state index contributed by atoms with van der Waals surface area (Å²) in [7, 11) is 0. The number of aromatic amines is 1. The van der Waals surface area contributed by atoms with Gasteiger partial charge in [-0.15, -0.1) is 0 Å². The molecule has 0 spiro atoms. The van der Waals surface area contributed by atoms with Crippen LogP contribution >= 0.6 is 0 Å². The molecule has 12 nitrogen and oxygen atoms in total. The Hall–Kier alpha value is -5.65. The van der Waals surface area contributed by atoms with Gasteiger partial charge in [0.25, 0.3) is 0 Å². The molecule has 12 heteroatoms. The fourth-order valence-corrected chi connectivity index (χ4v) is 6.66. The lowest BCUT2D eigenvalue weighted by Crippen LogP contribution is -2.59. The molecule has 6 rings (SSSR count). The van der Waals surface area contributed by atoms with Crippen LogP contribution in [0.3, 0.4) is 0 Å². The van der Waals surface area contributed by atoms with Crippen LogP contribution < -0.4 is 16.0 Å². The lowest BCUT2D eigenvalue weighted by Gasteiger charge is -2.33. The zero-order valence-electron chi connectivity index (χ0n) is 31.2. The molecule has 53 heavy (non-hydrogen) atoms. The Morgan fingerprint density at radius 3 is 2.38 bits per heavy atom. The molecule has 2 atom stereocenters. The number of fused-ring (bicyclic) bond motifs is 2. The molecule has 1 aliphatic heterocycles. The third-order valence-corrected chi connectivity index (χ3v) is 9.67. The largest absolute Gasteiger partial charge is 0.444 e. The third kappa shape index (κ3) is 8.88. The van der Waals surface area contributed by atoms with E-state index in [-0.39, 0.29) is 18.1 Å². The van der Waals surface area contributed by atoms with Gasteiger partial charge in [0.2, 0.25) is 17.7 Å². The molecular weight excluding hydrogens is 670 g/mol. The average molecular weight is 720 g/mol. The first-order chi connectivity index (χ1) is 25.2. The number of piperidine rings is 1. The Labute approximate surface area is 309 Å². The van der Waals surface area contributed by atoms with Crippen molar-refractivity contribution in [2.45, 2.75) is 84.0 Å². The SMILES string of the molecule is CC1CCN(C(=O)C(c2ccc3ccccc3c2)n2cnc(NC(=O)C(Cc3c[nH]c4ccccc34)NC(=O)C(C)(C)NC(=O)OC(C)(C)C)c2)CC1. The summed E-state index contributed by atoms with van der Waals surface area (Å²) in [5.74, 6) is -0.339. The number of rotatable bonds is 10. The minimum absolute atomic E-state index is 0.0355. The second-order valence-corrected chi connectivity index (χ2v) is 15.6.